The van der Waals surface area contributed by atoms with Crippen LogP contribution in [0.25, 0.3) is 22.3 Å². The first kappa shape index (κ1) is 20.3. The molecule has 0 fully saturated rings. The van der Waals surface area contributed by atoms with Crippen LogP contribution in [-0.4, -0.2) is 25.8 Å². The van der Waals surface area contributed by atoms with Crippen molar-refractivity contribution < 1.29 is 9.18 Å². The number of hydrogen-bond acceptors (Lipinski definition) is 4. The number of rotatable bonds is 5. The van der Waals surface area contributed by atoms with E-state index in [1.807, 2.05) is 30.3 Å². The Morgan fingerprint density at radius 2 is 1.61 bits per heavy atom. The lowest BCUT2D eigenvalue weighted by Gasteiger charge is -2.14. The van der Waals surface area contributed by atoms with Crippen LogP contribution in [0.4, 0.5) is 4.39 Å². The summed E-state index contributed by atoms with van der Waals surface area (Å²) in [7, 11) is 0. The van der Waals surface area contributed by atoms with Crippen molar-refractivity contribution in [3.05, 3.63) is 118 Å². The third kappa shape index (κ3) is 4.01. The highest BCUT2D eigenvalue weighted by Crippen LogP contribution is 2.24. The van der Waals surface area contributed by atoms with Crippen LogP contribution in [0, 0.1) is 5.82 Å². The third-order valence-corrected chi connectivity index (χ3v) is 5.23. The van der Waals surface area contributed by atoms with Gasteiger partial charge >= 0.3 is 0 Å². The summed E-state index contributed by atoms with van der Waals surface area (Å²) in [6, 6.07) is 23.9. The molecule has 1 amide bonds. The standard InChI is InChI=1S/C25H18FN5O2/c26-19-13-11-17(12-14-19)21-22-23(29-28-21)25(33)31(30-24(32)18-9-5-2-6-10-18)20(27-22)15-16-7-3-1-4-8-16/h1-14H,15H2,(H,28,29)(H,30,32). The first-order valence-electron chi connectivity index (χ1n) is 10.3. The van der Waals surface area contributed by atoms with Gasteiger partial charge < -0.3 is 0 Å². The van der Waals surface area contributed by atoms with E-state index in [2.05, 4.69) is 15.6 Å². The zero-order chi connectivity index (χ0) is 22.8. The number of nitrogens with one attached hydrogen (secondary N) is 2. The van der Waals surface area contributed by atoms with Crippen molar-refractivity contribution in [2.24, 2.45) is 0 Å². The van der Waals surface area contributed by atoms with Crippen LogP contribution in [0.2, 0.25) is 0 Å². The van der Waals surface area contributed by atoms with Gasteiger partial charge in [0.15, 0.2) is 5.52 Å². The van der Waals surface area contributed by atoms with E-state index in [1.54, 1.807) is 42.5 Å². The van der Waals surface area contributed by atoms with Gasteiger partial charge in [0.05, 0.1) is 0 Å². The lowest BCUT2D eigenvalue weighted by atomic mass is 10.1. The highest BCUT2D eigenvalue weighted by atomic mass is 19.1. The SMILES string of the molecule is O=C(Nn1c(Cc2ccccc2)nc2c(-c3ccc(F)cc3)n[nH]c2c1=O)c1ccccc1. The van der Waals surface area contributed by atoms with Gasteiger partial charge in [0, 0.05) is 17.5 Å². The molecule has 0 radical (unpaired) electrons. The first-order valence-corrected chi connectivity index (χ1v) is 10.3. The number of amides is 1. The van der Waals surface area contributed by atoms with Gasteiger partial charge in [-0.3, -0.25) is 20.1 Å². The summed E-state index contributed by atoms with van der Waals surface area (Å²) < 4.78 is 14.5. The molecular formula is C25H18FN5O2. The Labute approximate surface area is 187 Å². The van der Waals surface area contributed by atoms with E-state index in [0.29, 0.717) is 34.6 Å². The van der Waals surface area contributed by atoms with Gasteiger partial charge in [0.2, 0.25) is 0 Å². The Hall–Kier alpha value is -4.59. The predicted molar refractivity (Wildman–Crippen MR) is 123 cm³/mol. The van der Waals surface area contributed by atoms with Crippen LogP contribution >= 0.6 is 0 Å². The Morgan fingerprint density at radius 1 is 0.939 bits per heavy atom. The van der Waals surface area contributed by atoms with Gasteiger partial charge in [-0.25, -0.2) is 14.1 Å². The van der Waals surface area contributed by atoms with Crippen molar-refractivity contribution in [3.63, 3.8) is 0 Å². The summed E-state index contributed by atoms with van der Waals surface area (Å²) in [5.74, 6) is -0.471. The average Bonchev–Trinajstić information content (AvgIpc) is 3.27. The summed E-state index contributed by atoms with van der Waals surface area (Å²) >= 11 is 0. The maximum absolute atomic E-state index is 13.4. The third-order valence-electron chi connectivity index (χ3n) is 5.23. The number of carbonyl (C=O) groups is 1. The molecule has 2 aromatic heterocycles. The number of nitrogens with zero attached hydrogens (tertiary/aromatic N) is 3. The fraction of sp³-hybridized carbons (Fsp3) is 0.0400. The van der Waals surface area contributed by atoms with Gasteiger partial charge in [-0.2, -0.15) is 5.10 Å². The second-order valence-corrected chi connectivity index (χ2v) is 7.44. The molecule has 0 aliphatic rings. The van der Waals surface area contributed by atoms with E-state index in [1.165, 1.54) is 12.1 Å². The van der Waals surface area contributed by atoms with Crippen molar-refractivity contribution in [2.75, 3.05) is 5.43 Å². The number of halogens is 1. The van der Waals surface area contributed by atoms with Crippen LogP contribution in [0.3, 0.4) is 0 Å². The minimum atomic E-state index is -0.490. The van der Waals surface area contributed by atoms with Crippen molar-refractivity contribution in [1.82, 2.24) is 19.9 Å². The molecular weight excluding hydrogens is 421 g/mol. The normalized spacial score (nSPS) is 10.9. The Balaban J connectivity index is 1.65. The molecule has 0 aliphatic heterocycles. The van der Waals surface area contributed by atoms with E-state index in [4.69, 9.17) is 4.98 Å². The molecule has 0 unspecified atom stereocenters. The first-order chi connectivity index (χ1) is 16.1. The lowest BCUT2D eigenvalue weighted by Crippen LogP contribution is -2.36. The maximum atomic E-state index is 13.4. The number of benzene rings is 3. The monoisotopic (exact) mass is 439 g/mol. The molecule has 3 aromatic carbocycles. The fourth-order valence-electron chi connectivity index (χ4n) is 3.58. The largest absolute Gasteiger partial charge is 0.298 e. The second-order valence-electron chi connectivity index (χ2n) is 7.44. The molecule has 0 atom stereocenters. The van der Waals surface area contributed by atoms with Gasteiger partial charge in [-0.15, -0.1) is 0 Å². The number of aromatic amines is 1. The number of fused-ring (bicyclic) bond motifs is 1. The van der Waals surface area contributed by atoms with Crippen molar-refractivity contribution >= 4 is 16.9 Å². The van der Waals surface area contributed by atoms with Crippen LogP contribution in [0.5, 0.6) is 0 Å². The number of aromatic nitrogens is 4. The van der Waals surface area contributed by atoms with Crippen molar-refractivity contribution in [3.8, 4) is 11.3 Å². The topological polar surface area (TPSA) is 92.7 Å². The predicted octanol–water partition coefficient (Wildman–Crippen LogP) is 3.90. The maximum Gasteiger partial charge on any atom is 0.298 e. The Morgan fingerprint density at radius 3 is 2.30 bits per heavy atom. The van der Waals surface area contributed by atoms with E-state index in [-0.39, 0.29) is 11.3 Å². The minimum Gasteiger partial charge on any atom is -0.270 e. The molecule has 7 nitrogen and oxygen atoms in total. The quantitative estimate of drug-likeness (QED) is 0.434. The summed E-state index contributed by atoms with van der Waals surface area (Å²) in [6.07, 6.45) is 0.301. The van der Waals surface area contributed by atoms with Crippen LogP contribution in [-0.2, 0) is 6.42 Å². The lowest BCUT2D eigenvalue weighted by molar-refractivity contribution is 0.101. The van der Waals surface area contributed by atoms with E-state index < -0.39 is 11.5 Å². The zero-order valence-electron chi connectivity index (χ0n) is 17.3. The van der Waals surface area contributed by atoms with Gasteiger partial charge in [0.1, 0.15) is 22.9 Å². The number of H-pyrrole nitrogens is 1. The minimum absolute atomic E-state index is 0.138. The zero-order valence-corrected chi connectivity index (χ0v) is 17.3. The average molecular weight is 439 g/mol. The summed E-state index contributed by atoms with van der Waals surface area (Å²) in [6.45, 7) is 0. The van der Waals surface area contributed by atoms with Gasteiger partial charge in [0.25, 0.3) is 11.5 Å². The Bertz CT molecular complexity index is 1490. The van der Waals surface area contributed by atoms with Crippen LogP contribution in [0.15, 0.2) is 89.7 Å². The molecule has 5 aromatic rings. The Kier molecular flexibility index (Phi) is 5.24. The molecule has 0 saturated carbocycles. The molecule has 0 aliphatic carbocycles. The summed E-state index contributed by atoms with van der Waals surface area (Å²) in [5, 5.41) is 6.97. The van der Waals surface area contributed by atoms with E-state index in [0.717, 1.165) is 10.2 Å². The van der Waals surface area contributed by atoms with Gasteiger partial charge in [-0.05, 0) is 42.0 Å². The van der Waals surface area contributed by atoms with Crippen LogP contribution < -0.4 is 11.0 Å². The molecule has 0 saturated heterocycles. The molecule has 2 N–H and O–H groups in total. The number of hydrogen-bond donors (Lipinski definition) is 2. The fourth-order valence-corrected chi connectivity index (χ4v) is 3.58. The second kappa shape index (κ2) is 8.51. The van der Waals surface area contributed by atoms with Crippen molar-refractivity contribution in [1.29, 1.82) is 0 Å². The van der Waals surface area contributed by atoms with E-state index in [9.17, 15) is 14.0 Å². The smallest absolute Gasteiger partial charge is 0.270 e. The summed E-state index contributed by atoms with van der Waals surface area (Å²) in [5.41, 5.74) is 5.04. The van der Waals surface area contributed by atoms with Crippen LogP contribution in [0.1, 0.15) is 21.7 Å². The molecule has 0 spiro atoms. The molecule has 2 heterocycles. The van der Waals surface area contributed by atoms with Crippen molar-refractivity contribution in [2.45, 2.75) is 6.42 Å². The summed E-state index contributed by atoms with van der Waals surface area (Å²) in [4.78, 5) is 30.9. The molecule has 5 rings (SSSR count). The van der Waals surface area contributed by atoms with Gasteiger partial charge in [-0.1, -0.05) is 48.5 Å². The molecule has 8 heteroatoms. The van der Waals surface area contributed by atoms with E-state index >= 15 is 0 Å². The number of carbonyl (C=O) groups excluding carboxylic acids is 1. The molecule has 162 valence electrons. The molecule has 33 heavy (non-hydrogen) atoms. The molecule has 0 bridgehead atoms. The highest BCUT2D eigenvalue weighted by molar-refractivity contribution is 6.00. The highest BCUT2D eigenvalue weighted by Gasteiger charge is 2.19.